The van der Waals surface area contributed by atoms with Gasteiger partial charge in [-0.2, -0.15) is 0 Å². The molecule has 170 valence electrons. The second kappa shape index (κ2) is 11.7. The third kappa shape index (κ3) is 7.40. The summed E-state index contributed by atoms with van der Waals surface area (Å²) in [6, 6.07) is 10.0. The van der Waals surface area contributed by atoms with E-state index in [1.807, 2.05) is 17.5 Å². The molecule has 2 N–H and O–H groups in total. The second-order valence-electron chi connectivity index (χ2n) is 7.64. The number of likely N-dealkylation sites (N-methyl/N-ethyl adjacent to an activating group) is 1. The van der Waals surface area contributed by atoms with Gasteiger partial charge in [0.15, 0.2) is 0 Å². The molecule has 0 bridgehead atoms. The van der Waals surface area contributed by atoms with Gasteiger partial charge in [-0.05, 0) is 61.6 Å². The molecule has 0 unspecified atom stereocenters. The third-order valence-electron chi connectivity index (χ3n) is 5.52. The highest BCUT2D eigenvalue weighted by molar-refractivity contribution is 7.89. The minimum absolute atomic E-state index is 0.168. The van der Waals surface area contributed by atoms with E-state index >= 15 is 0 Å². The summed E-state index contributed by atoms with van der Waals surface area (Å²) in [5, 5.41) is 4.90. The lowest BCUT2D eigenvalue weighted by atomic mass is 10.2. The van der Waals surface area contributed by atoms with Crippen LogP contribution in [-0.4, -0.2) is 76.5 Å². The molecule has 0 aliphatic carbocycles. The highest BCUT2D eigenvalue weighted by Gasteiger charge is 2.16. The van der Waals surface area contributed by atoms with Crippen molar-refractivity contribution in [2.75, 3.05) is 52.4 Å². The molecule has 3 rings (SSSR count). The molecular formula is C22H32N4O3S2. The Morgan fingerprint density at radius 2 is 1.74 bits per heavy atom. The monoisotopic (exact) mass is 464 g/mol. The third-order valence-corrected chi connectivity index (χ3v) is 7.93. The first-order chi connectivity index (χ1) is 15.0. The Morgan fingerprint density at radius 1 is 1.03 bits per heavy atom. The second-order valence-corrected chi connectivity index (χ2v) is 10.4. The molecule has 31 heavy (non-hydrogen) atoms. The smallest absolute Gasteiger partial charge is 0.251 e. The molecule has 1 aliphatic heterocycles. The van der Waals surface area contributed by atoms with Crippen LogP contribution in [0.4, 0.5) is 0 Å². The fourth-order valence-electron chi connectivity index (χ4n) is 3.57. The number of rotatable bonds is 11. The number of hydrogen-bond donors (Lipinski definition) is 2. The first-order valence-corrected chi connectivity index (χ1v) is 13.2. The maximum Gasteiger partial charge on any atom is 0.251 e. The molecule has 1 amide bonds. The van der Waals surface area contributed by atoms with Gasteiger partial charge in [-0.25, -0.2) is 13.1 Å². The van der Waals surface area contributed by atoms with Crippen molar-refractivity contribution in [3.8, 4) is 0 Å². The zero-order valence-corrected chi connectivity index (χ0v) is 19.7. The normalized spacial score (nSPS) is 15.8. The van der Waals surface area contributed by atoms with Gasteiger partial charge in [0.05, 0.1) is 4.90 Å². The standard InChI is InChI=1S/C22H32N4O3S2/c1-2-25-14-16-26(17-15-25)13-4-11-23-22(27)19-6-8-21(9-7-19)31(28,29)24-12-10-20-5-3-18-30-20/h3,5-9,18,24H,2,4,10-17H2,1H3,(H,23,27). The van der Waals surface area contributed by atoms with Gasteiger partial charge in [-0.15, -0.1) is 11.3 Å². The Balaban J connectivity index is 1.39. The van der Waals surface area contributed by atoms with Crippen LogP contribution < -0.4 is 10.0 Å². The maximum absolute atomic E-state index is 12.4. The largest absolute Gasteiger partial charge is 0.352 e. The number of nitrogens with one attached hydrogen (secondary N) is 2. The average molecular weight is 465 g/mol. The van der Waals surface area contributed by atoms with Crippen molar-refractivity contribution in [2.24, 2.45) is 0 Å². The van der Waals surface area contributed by atoms with Crippen LogP contribution in [0, 0.1) is 0 Å². The van der Waals surface area contributed by atoms with Crippen LogP contribution in [0.2, 0.25) is 0 Å². The van der Waals surface area contributed by atoms with Gasteiger partial charge in [0, 0.05) is 49.7 Å². The van der Waals surface area contributed by atoms with E-state index in [9.17, 15) is 13.2 Å². The van der Waals surface area contributed by atoms with Crippen molar-refractivity contribution in [1.29, 1.82) is 0 Å². The van der Waals surface area contributed by atoms with Gasteiger partial charge in [0.25, 0.3) is 5.91 Å². The van der Waals surface area contributed by atoms with Crippen molar-refractivity contribution in [2.45, 2.75) is 24.7 Å². The van der Waals surface area contributed by atoms with Crippen LogP contribution in [0.3, 0.4) is 0 Å². The fourth-order valence-corrected chi connectivity index (χ4v) is 5.31. The van der Waals surface area contributed by atoms with Gasteiger partial charge in [-0.3, -0.25) is 4.79 Å². The fraction of sp³-hybridized carbons (Fsp3) is 0.500. The van der Waals surface area contributed by atoms with Gasteiger partial charge in [-0.1, -0.05) is 13.0 Å². The molecule has 0 spiro atoms. The van der Waals surface area contributed by atoms with Crippen LogP contribution in [0.15, 0.2) is 46.7 Å². The number of sulfonamides is 1. The predicted octanol–water partition coefficient (Wildman–Crippen LogP) is 2.03. The molecule has 2 aromatic rings. The zero-order valence-electron chi connectivity index (χ0n) is 18.0. The Hall–Kier alpha value is -1.78. The van der Waals surface area contributed by atoms with E-state index in [2.05, 4.69) is 26.8 Å². The summed E-state index contributed by atoms with van der Waals surface area (Å²) >= 11 is 1.61. The van der Waals surface area contributed by atoms with Gasteiger partial charge in [0.1, 0.15) is 0 Å². The molecule has 9 heteroatoms. The highest BCUT2D eigenvalue weighted by Crippen LogP contribution is 2.12. The van der Waals surface area contributed by atoms with E-state index in [1.165, 1.54) is 12.1 Å². The lowest BCUT2D eigenvalue weighted by Crippen LogP contribution is -2.46. The lowest BCUT2D eigenvalue weighted by molar-refractivity contribution is 0.0948. The van der Waals surface area contributed by atoms with Crippen molar-refractivity contribution < 1.29 is 13.2 Å². The Kier molecular flexibility index (Phi) is 9.03. The van der Waals surface area contributed by atoms with E-state index in [0.29, 0.717) is 25.1 Å². The SMILES string of the molecule is CCN1CCN(CCCNC(=O)c2ccc(S(=O)(=O)NCCc3cccs3)cc2)CC1. The molecule has 0 radical (unpaired) electrons. The summed E-state index contributed by atoms with van der Waals surface area (Å²) in [6.45, 7) is 9.62. The van der Waals surface area contributed by atoms with Crippen LogP contribution in [-0.2, 0) is 16.4 Å². The molecule has 2 heterocycles. The first kappa shape index (κ1) is 23.9. The minimum Gasteiger partial charge on any atom is -0.352 e. The van der Waals surface area contributed by atoms with Crippen molar-refractivity contribution in [1.82, 2.24) is 19.8 Å². The Bertz CT molecular complexity index is 907. The maximum atomic E-state index is 12.4. The molecular weight excluding hydrogens is 432 g/mol. The topological polar surface area (TPSA) is 81.8 Å². The van der Waals surface area contributed by atoms with E-state index < -0.39 is 10.0 Å². The minimum atomic E-state index is -3.58. The van der Waals surface area contributed by atoms with Crippen molar-refractivity contribution in [3.63, 3.8) is 0 Å². The summed E-state index contributed by atoms with van der Waals surface area (Å²) in [7, 11) is -3.58. The summed E-state index contributed by atoms with van der Waals surface area (Å²) in [6.07, 6.45) is 1.56. The van der Waals surface area contributed by atoms with Crippen LogP contribution in [0.25, 0.3) is 0 Å². The number of thiophene rings is 1. The zero-order chi connectivity index (χ0) is 22.1. The number of amides is 1. The number of carbonyl (C=O) groups excluding carboxylic acids is 1. The van der Waals surface area contributed by atoms with E-state index in [-0.39, 0.29) is 10.8 Å². The molecule has 0 atom stereocenters. The van der Waals surface area contributed by atoms with Gasteiger partial charge >= 0.3 is 0 Å². The quantitative estimate of drug-likeness (QED) is 0.498. The number of hydrogen-bond acceptors (Lipinski definition) is 6. The van der Waals surface area contributed by atoms with Crippen LogP contribution >= 0.6 is 11.3 Å². The molecule has 7 nitrogen and oxygen atoms in total. The lowest BCUT2D eigenvalue weighted by Gasteiger charge is -2.33. The van der Waals surface area contributed by atoms with Gasteiger partial charge in [0.2, 0.25) is 10.0 Å². The van der Waals surface area contributed by atoms with E-state index in [4.69, 9.17) is 0 Å². The molecule has 1 aliphatic rings. The van der Waals surface area contributed by atoms with Crippen LogP contribution in [0.5, 0.6) is 0 Å². The summed E-state index contributed by atoms with van der Waals surface area (Å²) in [5.41, 5.74) is 0.467. The number of nitrogens with zero attached hydrogens (tertiary/aromatic N) is 2. The van der Waals surface area contributed by atoms with Crippen molar-refractivity contribution in [3.05, 3.63) is 52.2 Å². The molecule has 1 aromatic heterocycles. The predicted molar refractivity (Wildman–Crippen MR) is 125 cm³/mol. The van der Waals surface area contributed by atoms with E-state index in [1.54, 1.807) is 23.5 Å². The molecule has 1 fully saturated rings. The van der Waals surface area contributed by atoms with E-state index in [0.717, 1.165) is 50.6 Å². The van der Waals surface area contributed by atoms with Gasteiger partial charge < -0.3 is 15.1 Å². The Morgan fingerprint density at radius 3 is 2.39 bits per heavy atom. The number of benzene rings is 1. The Labute approximate surface area is 189 Å². The molecule has 1 saturated heterocycles. The molecule has 1 aromatic carbocycles. The summed E-state index contributed by atoms with van der Waals surface area (Å²) in [4.78, 5) is 18.5. The highest BCUT2D eigenvalue weighted by atomic mass is 32.2. The average Bonchev–Trinajstić information content (AvgIpc) is 3.30. The number of piperazine rings is 1. The summed E-state index contributed by atoms with van der Waals surface area (Å²) in [5.74, 6) is -0.176. The number of carbonyl (C=O) groups is 1. The van der Waals surface area contributed by atoms with Crippen LogP contribution in [0.1, 0.15) is 28.6 Å². The van der Waals surface area contributed by atoms with Crippen molar-refractivity contribution >= 4 is 27.3 Å². The summed E-state index contributed by atoms with van der Waals surface area (Å²) < 4.78 is 27.5. The molecule has 0 saturated carbocycles. The first-order valence-electron chi connectivity index (χ1n) is 10.8.